The molecule has 0 aliphatic carbocycles. The summed E-state index contributed by atoms with van der Waals surface area (Å²) < 4.78 is 0. The van der Waals surface area contributed by atoms with Crippen molar-refractivity contribution < 1.29 is 0 Å². The van der Waals surface area contributed by atoms with Crippen molar-refractivity contribution in [2.45, 2.75) is 6.42 Å². The minimum Gasteiger partial charge on any atom is -0.293 e. The van der Waals surface area contributed by atoms with E-state index in [2.05, 4.69) is 46.7 Å². The summed E-state index contributed by atoms with van der Waals surface area (Å²) in [5, 5.41) is 4.45. The summed E-state index contributed by atoms with van der Waals surface area (Å²) in [4.78, 5) is 0. The second kappa shape index (κ2) is 2.82. The highest BCUT2D eigenvalue weighted by atomic mass is 15.6. The van der Waals surface area contributed by atoms with Gasteiger partial charge >= 0.3 is 0 Å². The standard InChI is InChI=1S/C9H12N2/c1-2-6-10(7-3-1)11-8-4-5-9-11/h1-4,6,8H,5,7,9H2. The van der Waals surface area contributed by atoms with Gasteiger partial charge in [0.15, 0.2) is 0 Å². The first-order chi connectivity index (χ1) is 5.47. The molecule has 0 spiro atoms. The molecule has 2 nitrogen and oxygen atoms in total. The van der Waals surface area contributed by atoms with E-state index in [0.29, 0.717) is 0 Å². The van der Waals surface area contributed by atoms with Gasteiger partial charge in [0.2, 0.25) is 0 Å². The van der Waals surface area contributed by atoms with Gasteiger partial charge in [0, 0.05) is 18.9 Å². The Morgan fingerprint density at radius 3 is 2.55 bits per heavy atom. The molecule has 0 amide bonds. The van der Waals surface area contributed by atoms with Crippen molar-refractivity contribution in [1.82, 2.24) is 10.0 Å². The van der Waals surface area contributed by atoms with Crippen LogP contribution in [0.5, 0.6) is 0 Å². The summed E-state index contributed by atoms with van der Waals surface area (Å²) in [7, 11) is 0. The first kappa shape index (κ1) is 6.53. The highest BCUT2D eigenvalue weighted by Crippen LogP contribution is 2.10. The summed E-state index contributed by atoms with van der Waals surface area (Å²) in [6.07, 6.45) is 13.9. The average molecular weight is 148 g/mol. The molecule has 0 saturated carbocycles. The monoisotopic (exact) mass is 148 g/mol. The molecule has 0 N–H and O–H groups in total. The molecule has 0 aromatic heterocycles. The van der Waals surface area contributed by atoms with Crippen LogP contribution in [0.4, 0.5) is 0 Å². The minimum absolute atomic E-state index is 1.00. The lowest BCUT2D eigenvalue weighted by Gasteiger charge is -2.30. The van der Waals surface area contributed by atoms with E-state index < -0.39 is 0 Å². The van der Waals surface area contributed by atoms with Gasteiger partial charge in [-0.3, -0.25) is 10.0 Å². The van der Waals surface area contributed by atoms with Gasteiger partial charge in [0.05, 0.1) is 6.54 Å². The number of hydrogen-bond donors (Lipinski definition) is 0. The Bertz CT molecular complexity index is 216. The maximum Gasteiger partial charge on any atom is 0.0573 e. The highest BCUT2D eigenvalue weighted by Gasteiger charge is 2.09. The molecule has 0 radical (unpaired) electrons. The Hall–Kier alpha value is -1.18. The SMILES string of the molecule is C1=CCN(N2C=CCC2)C=C1. The summed E-state index contributed by atoms with van der Waals surface area (Å²) in [6, 6.07) is 0. The van der Waals surface area contributed by atoms with E-state index in [1.165, 1.54) is 6.42 Å². The van der Waals surface area contributed by atoms with Crippen molar-refractivity contribution in [2.24, 2.45) is 0 Å². The summed E-state index contributed by atoms with van der Waals surface area (Å²) in [5.41, 5.74) is 0. The zero-order valence-corrected chi connectivity index (χ0v) is 6.48. The molecule has 11 heavy (non-hydrogen) atoms. The van der Waals surface area contributed by atoms with Crippen LogP contribution < -0.4 is 0 Å². The molecule has 58 valence electrons. The summed E-state index contributed by atoms with van der Waals surface area (Å²) in [5.74, 6) is 0. The molecular weight excluding hydrogens is 136 g/mol. The van der Waals surface area contributed by atoms with Gasteiger partial charge < -0.3 is 0 Å². The Morgan fingerprint density at radius 1 is 0.909 bits per heavy atom. The topological polar surface area (TPSA) is 6.48 Å². The molecule has 2 aliphatic rings. The van der Waals surface area contributed by atoms with E-state index in [1.54, 1.807) is 0 Å². The van der Waals surface area contributed by atoms with Crippen LogP contribution in [0.2, 0.25) is 0 Å². The van der Waals surface area contributed by atoms with Crippen molar-refractivity contribution in [3.63, 3.8) is 0 Å². The fourth-order valence-electron chi connectivity index (χ4n) is 1.34. The molecule has 2 rings (SSSR count). The molecule has 0 bridgehead atoms. The van der Waals surface area contributed by atoms with Gasteiger partial charge in [0.1, 0.15) is 0 Å². The Balaban J connectivity index is 1.99. The van der Waals surface area contributed by atoms with E-state index in [9.17, 15) is 0 Å². The lowest BCUT2D eigenvalue weighted by atomic mass is 10.4. The first-order valence-electron chi connectivity index (χ1n) is 4.00. The van der Waals surface area contributed by atoms with E-state index in [-0.39, 0.29) is 0 Å². The zero-order valence-electron chi connectivity index (χ0n) is 6.48. The van der Waals surface area contributed by atoms with Gasteiger partial charge in [-0.2, -0.15) is 0 Å². The normalized spacial score (nSPS) is 21.8. The number of rotatable bonds is 1. The number of hydrogen-bond acceptors (Lipinski definition) is 2. The van der Waals surface area contributed by atoms with Crippen LogP contribution in [0.3, 0.4) is 0 Å². The van der Waals surface area contributed by atoms with Crippen molar-refractivity contribution in [3.05, 3.63) is 36.7 Å². The Labute approximate surface area is 67.1 Å². The molecular formula is C9H12N2. The number of hydrazine groups is 1. The molecule has 0 unspecified atom stereocenters. The van der Waals surface area contributed by atoms with Crippen LogP contribution in [-0.4, -0.2) is 23.1 Å². The molecule has 2 aliphatic heterocycles. The maximum absolute atomic E-state index is 2.24. The van der Waals surface area contributed by atoms with Crippen molar-refractivity contribution in [1.29, 1.82) is 0 Å². The first-order valence-corrected chi connectivity index (χ1v) is 4.00. The average Bonchev–Trinajstić information content (AvgIpc) is 2.58. The second-order valence-electron chi connectivity index (χ2n) is 2.73. The van der Waals surface area contributed by atoms with E-state index in [1.807, 2.05) is 0 Å². The predicted molar refractivity (Wildman–Crippen MR) is 45.4 cm³/mol. The maximum atomic E-state index is 2.24. The molecule has 0 aromatic carbocycles. The van der Waals surface area contributed by atoms with Crippen LogP contribution in [0, 0.1) is 0 Å². The predicted octanol–water partition coefficient (Wildman–Crippen LogP) is 1.51. The van der Waals surface area contributed by atoms with Crippen molar-refractivity contribution in [3.8, 4) is 0 Å². The minimum atomic E-state index is 1.00. The number of nitrogens with zero attached hydrogens (tertiary/aromatic N) is 2. The quantitative estimate of drug-likeness (QED) is 0.556. The van der Waals surface area contributed by atoms with E-state index in [0.717, 1.165) is 13.1 Å². The zero-order chi connectivity index (χ0) is 7.52. The molecule has 0 aromatic rings. The molecule has 2 heteroatoms. The molecule has 0 saturated heterocycles. The Morgan fingerprint density at radius 2 is 1.91 bits per heavy atom. The number of allylic oxidation sites excluding steroid dienone is 2. The molecule has 2 heterocycles. The summed E-state index contributed by atoms with van der Waals surface area (Å²) >= 11 is 0. The van der Waals surface area contributed by atoms with Gasteiger partial charge in [-0.15, -0.1) is 0 Å². The van der Waals surface area contributed by atoms with E-state index >= 15 is 0 Å². The largest absolute Gasteiger partial charge is 0.293 e. The lowest BCUT2D eigenvalue weighted by molar-refractivity contribution is 0.101. The van der Waals surface area contributed by atoms with Crippen molar-refractivity contribution >= 4 is 0 Å². The van der Waals surface area contributed by atoms with Crippen LogP contribution in [-0.2, 0) is 0 Å². The third-order valence-corrected chi connectivity index (χ3v) is 1.93. The van der Waals surface area contributed by atoms with Gasteiger partial charge in [0.25, 0.3) is 0 Å². The van der Waals surface area contributed by atoms with Crippen molar-refractivity contribution in [2.75, 3.05) is 13.1 Å². The molecule has 0 fully saturated rings. The fraction of sp³-hybridized carbons (Fsp3) is 0.333. The second-order valence-corrected chi connectivity index (χ2v) is 2.73. The van der Waals surface area contributed by atoms with Crippen LogP contribution >= 0.6 is 0 Å². The Kier molecular flexibility index (Phi) is 1.68. The third-order valence-electron chi connectivity index (χ3n) is 1.93. The van der Waals surface area contributed by atoms with Crippen LogP contribution in [0.15, 0.2) is 36.7 Å². The van der Waals surface area contributed by atoms with Crippen LogP contribution in [0.1, 0.15) is 6.42 Å². The van der Waals surface area contributed by atoms with Gasteiger partial charge in [-0.25, -0.2) is 0 Å². The van der Waals surface area contributed by atoms with E-state index in [4.69, 9.17) is 0 Å². The van der Waals surface area contributed by atoms with Gasteiger partial charge in [-0.1, -0.05) is 18.2 Å². The fourth-order valence-corrected chi connectivity index (χ4v) is 1.34. The highest BCUT2D eigenvalue weighted by molar-refractivity contribution is 5.09. The van der Waals surface area contributed by atoms with Gasteiger partial charge in [-0.05, 0) is 12.5 Å². The lowest BCUT2D eigenvalue weighted by Crippen LogP contribution is -2.34. The van der Waals surface area contributed by atoms with Crippen LogP contribution in [0.25, 0.3) is 0 Å². The summed E-state index contributed by atoms with van der Waals surface area (Å²) in [6.45, 7) is 2.12. The third kappa shape index (κ3) is 1.29. The molecule has 0 atom stereocenters. The smallest absolute Gasteiger partial charge is 0.0573 e.